The van der Waals surface area contributed by atoms with Crippen LogP contribution in [0.3, 0.4) is 0 Å². The highest BCUT2D eigenvalue weighted by atomic mass is 32.3. The molecule has 8 heteroatoms. The summed E-state index contributed by atoms with van der Waals surface area (Å²) in [6, 6.07) is 187. The van der Waals surface area contributed by atoms with E-state index in [1.54, 1.807) is 0 Å². The van der Waals surface area contributed by atoms with Crippen LogP contribution in [-0.2, 0) is 0 Å². The van der Waals surface area contributed by atoms with E-state index in [2.05, 4.69) is 530 Å². The molecule has 4 heterocycles. The summed E-state index contributed by atoms with van der Waals surface area (Å²) in [5.41, 5.74) is 10.3. The molecule has 22 aromatic rings. The molecule has 4 aromatic heterocycles. The number of fused-ring (bicyclic) bond motifs is 7. The first kappa shape index (κ1) is 78.9. The van der Waals surface area contributed by atoms with Crippen molar-refractivity contribution >= 4 is 101 Å². The fraction of sp³-hybridized carbons (Fsp3) is 0.00833. The van der Waals surface area contributed by atoms with Crippen LogP contribution in [0.5, 0.6) is 0 Å². The molecule has 0 radical (unpaired) electrons. The molecule has 0 atom stereocenters. The van der Waals surface area contributed by atoms with Crippen molar-refractivity contribution in [2.75, 3.05) is 0 Å². The fourth-order valence-electron chi connectivity index (χ4n) is 19.7. The average Bonchev–Trinajstić information content (AvgIpc) is 1.52. The Morgan fingerprint density at radius 1 is 0.219 bits per heavy atom. The molecule has 0 saturated heterocycles. The van der Waals surface area contributed by atoms with E-state index in [-0.39, 0.29) is 0 Å². The van der Waals surface area contributed by atoms with Crippen molar-refractivity contribution in [3.8, 4) is 40.8 Å². The highest BCUT2D eigenvalue weighted by molar-refractivity contribution is 8.35. The van der Waals surface area contributed by atoms with Crippen molar-refractivity contribution in [1.29, 1.82) is 0 Å². The molecule has 0 aliphatic rings. The van der Waals surface area contributed by atoms with E-state index < -0.39 is 40.1 Å². The van der Waals surface area contributed by atoms with Gasteiger partial charge < -0.3 is 4.57 Å². The van der Waals surface area contributed by atoms with Gasteiger partial charge in [0.2, 0.25) is 0 Å². The number of rotatable bonds is 21. The van der Waals surface area contributed by atoms with Crippen LogP contribution in [0.15, 0.2) is 582 Å². The topological polar surface area (TPSA) is 27.7 Å². The lowest BCUT2D eigenvalue weighted by molar-refractivity contribution is 1.01. The van der Waals surface area contributed by atoms with Gasteiger partial charge in [-0.25, -0.2) is 4.98 Å². The van der Waals surface area contributed by atoms with Crippen LogP contribution < -0.4 is 0 Å². The third kappa shape index (κ3) is 12.9. The maximum atomic E-state index is 6.39. The third-order valence-electron chi connectivity index (χ3n) is 25.2. The van der Waals surface area contributed by atoms with Gasteiger partial charge in [-0.1, -0.05) is 255 Å². The van der Waals surface area contributed by atoms with Gasteiger partial charge in [0.05, 0.1) is 33.3 Å². The van der Waals surface area contributed by atoms with Crippen LogP contribution in [0.4, 0.5) is 0 Å². The molecule has 4 nitrogen and oxygen atoms in total. The number of aryl methyl sites for hydroxylation is 1. The molecule has 0 aliphatic heterocycles. The van der Waals surface area contributed by atoms with Crippen molar-refractivity contribution in [2.24, 2.45) is 0 Å². The second kappa shape index (κ2) is 33.5. The first-order chi connectivity index (χ1) is 63.4. The molecular weight excluding hydrogens is 1630 g/mol. The SMILES string of the molecule is C#C/C=C\c1c(C)c2ccccc2n1-c1cccc(-c2cc(-n3c4ccc(S(c5ccccc5)(c5ccccc5)c5ccccc5)cc4c4cc(S(c5ccccc5)(c5ccccc5)c5ccccc5)ccc43)nc(-n3c4ccc(S(c5ccccc5)(c5ccccc5)c5ccccc5)cc4c4cc(S(c5ccccc5)(c5ccccc5)c5ccccc5)ccc43)c2)c1. The Bertz CT molecular complexity index is 6760. The number of pyridine rings is 1. The third-order valence-corrected chi connectivity index (χ3v) is 40.8. The summed E-state index contributed by atoms with van der Waals surface area (Å²) in [4.78, 5) is 26.2. The van der Waals surface area contributed by atoms with Gasteiger partial charge in [-0.05, 0) is 284 Å². The summed E-state index contributed by atoms with van der Waals surface area (Å²) in [7, 11) is -8.88. The second-order valence-electron chi connectivity index (χ2n) is 32.1. The van der Waals surface area contributed by atoms with Gasteiger partial charge in [-0.3, -0.25) is 9.13 Å². The number of terminal acetylenes is 1. The van der Waals surface area contributed by atoms with Crippen LogP contribution in [-0.4, -0.2) is 18.7 Å². The zero-order valence-corrected chi connectivity index (χ0v) is 73.8. The highest BCUT2D eigenvalue weighted by Gasteiger charge is 2.40. The Morgan fingerprint density at radius 2 is 0.461 bits per heavy atom. The highest BCUT2D eigenvalue weighted by Crippen LogP contribution is 2.78. The Kier molecular flexibility index (Phi) is 20.6. The number of benzene rings is 18. The maximum absolute atomic E-state index is 6.39. The van der Waals surface area contributed by atoms with Gasteiger partial charge >= 0.3 is 0 Å². The quantitative estimate of drug-likeness (QED) is 0.0659. The van der Waals surface area contributed by atoms with Crippen LogP contribution in [0.2, 0.25) is 0 Å². The molecule has 612 valence electrons. The predicted molar refractivity (Wildman–Crippen MR) is 538 cm³/mol. The number of allylic oxidation sites excluding steroid dienone is 1. The van der Waals surface area contributed by atoms with E-state index >= 15 is 0 Å². The number of hydrogen-bond acceptors (Lipinski definition) is 1. The molecule has 0 bridgehead atoms. The number of aromatic nitrogens is 4. The van der Waals surface area contributed by atoms with E-state index in [9.17, 15) is 0 Å². The minimum Gasteiger partial charge on any atom is -0.310 e. The van der Waals surface area contributed by atoms with Gasteiger partial charge in [-0.15, -0.1) is 46.5 Å². The molecule has 0 fully saturated rings. The zero-order valence-electron chi connectivity index (χ0n) is 70.5. The van der Waals surface area contributed by atoms with Gasteiger partial charge in [-0.2, -0.15) is 0 Å². The molecule has 0 amide bonds. The summed E-state index contributed by atoms with van der Waals surface area (Å²) in [6.45, 7) is 2.20. The predicted octanol–water partition coefficient (Wildman–Crippen LogP) is 33.2. The van der Waals surface area contributed by atoms with E-state index in [0.29, 0.717) is 0 Å². The molecule has 22 rings (SSSR count). The van der Waals surface area contributed by atoms with E-state index in [1.807, 2.05) is 6.08 Å². The smallest absolute Gasteiger partial charge is 0.140 e. The largest absolute Gasteiger partial charge is 0.310 e. The average molecular weight is 1710 g/mol. The Balaban J connectivity index is 0.885. The normalized spacial score (nSPS) is 12.6. The van der Waals surface area contributed by atoms with Crippen LogP contribution >= 0.6 is 40.1 Å². The number of hydrogen-bond donors (Lipinski definition) is 0. The summed E-state index contributed by atoms with van der Waals surface area (Å²) >= 11 is 0. The van der Waals surface area contributed by atoms with E-state index in [1.165, 1.54) is 78.3 Å². The molecule has 0 N–H and O–H groups in total. The van der Waals surface area contributed by atoms with Gasteiger partial charge in [0.15, 0.2) is 0 Å². The first-order valence-electron chi connectivity index (χ1n) is 43.4. The van der Waals surface area contributed by atoms with Crippen LogP contribution in [0.1, 0.15) is 11.3 Å². The maximum Gasteiger partial charge on any atom is 0.140 e. The summed E-state index contributed by atoms with van der Waals surface area (Å²) in [5, 5.41) is 5.60. The molecule has 0 spiro atoms. The minimum atomic E-state index is -2.22. The Hall–Kier alpha value is -15.1. The molecule has 0 unspecified atom stereocenters. The molecular formula is C120H88N4S4. The number of para-hydroxylation sites is 1. The van der Waals surface area contributed by atoms with E-state index in [0.717, 1.165) is 94.2 Å². The minimum absolute atomic E-state index is 0.758. The Labute approximate surface area is 754 Å². The first-order valence-corrected chi connectivity index (χ1v) is 49.9. The lowest BCUT2D eigenvalue weighted by atomic mass is 10.1. The standard InChI is InChI=1S/C120H88N4S4/c1-3-4-71-113-88(2)108-70-41-42-72-114(108)122(113)91-45-43-44-89(81-91)90-82-119(123-115-77-73-104(125(92-46-17-5-18-47-92,93-48-19-6-20-49-93)94-50-21-7-22-51-94)84-109(115)110-85-105(74-78-116(110)123)126(95-52-23-8-24-53-95,96-54-25-9-26-55-96)97-56-27-10-28-57-97)121-120(83-90)124-117-79-75-106(127(98-58-29-11-30-59-98,99-60-31-12-32-61-99)100-62-33-13-34-63-100)86-111(117)112-87-107(76-80-118(112)124)128(101-64-35-14-36-65-101,102-66-37-15-38-67-102)103-68-39-16-40-69-103/h1,4-87H,2H3/b71-4-. The molecule has 128 heavy (non-hydrogen) atoms. The van der Waals surface area contributed by atoms with Crippen LogP contribution in [0, 0.1) is 19.3 Å². The van der Waals surface area contributed by atoms with Crippen molar-refractivity contribution in [3.63, 3.8) is 0 Å². The lowest BCUT2D eigenvalue weighted by Gasteiger charge is -2.42. The summed E-state index contributed by atoms with van der Waals surface area (Å²) in [6.07, 6.45) is 9.99. The van der Waals surface area contributed by atoms with Crippen LogP contribution in [0.25, 0.3) is 89.0 Å². The van der Waals surface area contributed by atoms with Crippen molar-refractivity contribution in [1.82, 2.24) is 18.7 Å². The van der Waals surface area contributed by atoms with Gasteiger partial charge in [0.1, 0.15) is 11.6 Å². The fourth-order valence-corrected chi connectivity index (χ4v) is 35.3. The number of nitrogens with zero attached hydrogens (tertiary/aromatic N) is 4. The van der Waals surface area contributed by atoms with E-state index in [4.69, 9.17) is 11.4 Å². The van der Waals surface area contributed by atoms with Gasteiger partial charge in [0, 0.05) is 111 Å². The zero-order chi connectivity index (χ0) is 85.6. The van der Waals surface area contributed by atoms with Crippen molar-refractivity contribution in [2.45, 2.75) is 85.3 Å². The monoisotopic (exact) mass is 1710 g/mol. The lowest BCUT2D eigenvalue weighted by Crippen LogP contribution is -2.07. The Morgan fingerprint density at radius 3 is 0.719 bits per heavy atom. The second-order valence-corrected chi connectivity index (χ2v) is 44.5. The summed E-state index contributed by atoms with van der Waals surface area (Å²) in [5.74, 6) is 4.34. The molecule has 0 saturated carbocycles. The van der Waals surface area contributed by atoms with Crippen molar-refractivity contribution in [3.05, 3.63) is 515 Å². The molecule has 0 aliphatic carbocycles. The molecule has 18 aromatic carbocycles. The summed E-state index contributed by atoms with van der Waals surface area (Å²) < 4.78 is 7.33. The van der Waals surface area contributed by atoms with Crippen molar-refractivity contribution < 1.29 is 0 Å². The van der Waals surface area contributed by atoms with Gasteiger partial charge in [0.25, 0.3) is 0 Å².